The Morgan fingerprint density at radius 2 is 1.80 bits per heavy atom. The van der Waals surface area contributed by atoms with Crippen LogP contribution in [0.1, 0.15) is 23.6 Å². The van der Waals surface area contributed by atoms with E-state index in [4.69, 9.17) is 4.99 Å². The lowest BCUT2D eigenvalue weighted by atomic mass is 10.1. The van der Waals surface area contributed by atoms with E-state index in [1.165, 1.54) is 16.7 Å². The van der Waals surface area contributed by atoms with Crippen LogP contribution in [-0.4, -0.2) is 47.8 Å². The van der Waals surface area contributed by atoms with E-state index in [1.807, 2.05) is 16.9 Å². The zero-order valence-electron chi connectivity index (χ0n) is 18.2. The predicted molar refractivity (Wildman–Crippen MR) is 124 cm³/mol. The molecule has 0 saturated heterocycles. The summed E-state index contributed by atoms with van der Waals surface area (Å²) in [5.74, 6) is 0.851. The number of aliphatic imine (C=N–C) groups is 1. The molecule has 2 N–H and O–H groups in total. The molecule has 6 heteroatoms. The van der Waals surface area contributed by atoms with Crippen LogP contribution in [0, 0.1) is 0 Å². The molecule has 6 nitrogen and oxygen atoms in total. The average Bonchev–Trinajstić information content (AvgIpc) is 3.27. The molecular formula is C24H32N6. The molecule has 0 atom stereocenters. The number of hydrogen-bond acceptors (Lipinski definition) is 3. The Balaban J connectivity index is 1.52. The predicted octanol–water partition coefficient (Wildman–Crippen LogP) is 3.23. The smallest absolute Gasteiger partial charge is 0.191 e. The third-order valence-corrected chi connectivity index (χ3v) is 4.67. The van der Waals surface area contributed by atoms with Crippen LogP contribution >= 0.6 is 0 Å². The first-order valence-electron chi connectivity index (χ1n) is 10.5. The number of nitrogens with one attached hydrogen (secondary N) is 2. The number of guanidine groups is 1. The van der Waals surface area contributed by atoms with Gasteiger partial charge in [-0.3, -0.25) is 0 Å². The summed E-state index contributed by atoms with van der Waals surface area (Å²) in [6.07, 6.45) is 4.67. The fourth-order valence-corrected chi connectivity index (χ4v) is 3.27. The van der Waals surface area contributed by atoms with E-state index in [-0.39, 0.29) is 0 Å². The Labute approximate surface area is 179 Å². The highest BCUT2D eigenvalue weighted by Gasteiger charge is 2.01. The zero-order valence-corrected chi connectivity index (χ0v) is 18.2. The average molecular weight is 405 g/mol. The van der Waals surface area contributed by atoms with Gasteiger partial charge in [0.15, 0.2) is 5.96 Å². The molecule has 0 aliphatic heterocycles. The van der Waals surface area contributed by atoms with Crippen LogP contribution in [0.2, 0.25) is 0 Å². The quantitative estimate of drug-likeness (QED) is 0.425. The van der Waals surface area contributed by atoms with E-state index in [1.54, 1.807) is 6.20 Å². The standard InChI is InChI=1S/C24H32N6/c1-4-25-24(27-18-21-7-5-8-22(17-21)19-29(2)3)26-15-13-20-9-11-23(12-10-20)30-16-6-14-28-30/h5-12,14,16-17H,4,13,15,18-19H2,1-3H3,(H2,25,26,27). The van der Waals surface area contributed by atoms with Gasteiger partial charge in [-0.25, -0.2) is 9.67 Å². The van der Waals surface area contributed by atoms with Gasteiger partial charge in [-0.2, -0.15) is 5.10 Å². The van der Waals surface area contributed by atoms with Crippen LogP contribution in [0.3, 0.4) is 0 Å². The van der Waals surface area contributed by atoms with E-state index >= 15 is 0 Å². The van der Waals surface area contributed by atoms with Crippen molar-refractivity contribution in [2.45, 2.75) is 26.4 Å². The molecule has 0 aliphatic rings. The minimum absolute atomic E-state index is 0.662. The van der Waals surface area contributed by atoms with Crippen molar-refractivity contribution in [3.63, 3.8) is 0 Å². The van der Waals surface area contributed by atoms with Crippen LogP contribution in [0.5, 0.6) is 0 Å². The van der Waals surface area contributed by atoms with E-state index < -0.39 is 0 Å². The van der Waals surface area contributed by atoms with E-state index in [9.17, 15) is 0 Å². The molecular weight excluding hydrogens is 372 g/mol. The summed E-state index contributed by atoms with van der Waals surface area (Å²) in [4.78, 5) is 6.93. The fourth-order valence-electron chi connectivity index (χ4n) is 3.27. The minimum Gasteiger partial charge on any atom is -0.357 e. The van der Waals surface area contributed by atoms with Crippen molar-refractivity contribution in [1.82, 2.24) is 25.3 Å². The largest absolute Gasteiger partial charge is 0.357 e. The molecule has 0 radical (unpaired) electrons. The second-order valence-corrected chi connectivity index (χ2v) is 7.55. The SMILES string of the molecule is CCNC(=NCc1cccc(CN(C)C)c1)NCCc1ccc(-n2cccn2)cc1. The van der Waals surface area contributed by atoms with Crippen LogP contribution in [-0.2, 0) is 19.5 Å². The number of aromatic nitrogens is 2. The third kappa shape index (κ3) is 6.74. The second kappa shape index (κ2) is 11.2. The van der Waals surface area contributed by atoms with Crippen molar-refractivity contribution in [3.05, 3.63) is 83.7 Å². The van der Waals surface area contributed by atoms with Gasteiger partial charge in [-0.1, -0.05) is 36.4 Å². The first kappa shape index (κ1) is 21.6. The number of nitrogens with zero attached hydrogens (tertiary/aromatic N) is 4. The fraction of sp³-hybridized carbons (Fsp3) is 0.333. The summed E-state index contributed by atoms with van der Waals surface area (Å²) >= 11 is 0. The Hall–Kier alpha value is -3.12. The molecule has 0 unspecified atom stereocenters. The third-order valence-electron chi connectivity index (χ3n) is 4.67. The first-order chi connectivity index (χ1) is 14.6. The lowest BCUT2D eigenvalue weighted by Gasteiger charge is -2.13. The first-order valence-corrected chi connectivity index (χ1v) is 10.5. The maximum Gasteiger partial charge on any atom is 0.191 e. The summed E-state index contributed by atoms with van der Waals surface area (Å²) in [6, 6.07) is 19.1. The lowest BCUT2D eigenvalue weighted by Crippen LogP contribution is -2.38. The van der Waals surface area contributed by atoms with Crippen molar-refractivity contribution in [2.75, 3.05) is 27.2 Å². The molecule has 0 bridgehead atoms. The van der Waals surface area contributed by atoms with Gasteiger partial charge in [0.05, 0.1) is 12.2 Å². The molecule has 0 spiro atoms. The molecule has 0 amide bonds. The zero-order chi connectivity index (χ0) is 21.2. The van der Waals surface area contributed by atoms with Crippen LogP contribution in [0.15, 0.2) is 72.0 Å². The molecule has 0 aliphatic carbocycles. The molecule has 1 aromatic heterocycles. The monoisotopic (exact) mass is 404 g/mol. The maximum absolute atomic E-state index is 4.75. The van der Waals surface area contributed by atoms with Gasteiger partial charge in [0, 0.05) is 32.0 Å². The highest BCUT2D eigenvalue weighted by molar-refractivity contribution is 5.79. The van der Waals surface area contributed by atoms with Gasteiger partial charge in [-0.05, 0) is 62.3 Å². The van der Waals surface area contributed by atoms with Gasteiger partial charge in [-0.15, -0.1) is 0 Å². The van der Waals surface area contributed by atoms with Crippen molar-refractivity contribution in [2.24, 2.45) is 4.99 Å². The Bertz CT molecular complexity index is 913. The molecule has 30 heavy (non-hydrogen) atoms. The minimum atomic E-state index is 0.662. The van der Waals surface area contributed by atoms with Crippen molar-refractivity contribution < 1.29 is 0 Å². The summed E-state index contributed by atoms with van der Waals surface area (Å²) in [5, 5.41) is 11.0. The van der Waals surface area contributed by atoms with Gasteiger partial charge < -0.3 is 15.5 Å². The second-order valence-electron chi connectivity index (χ2n) is 7.55. The van der Waals surface area contributed by atoms with Gasteiger partial charge in [0.25, 0.3) is 0 Å². The number of hydrogen-bond donors (Lipinski definition) is 2. The van der Waals surface area contributed by atoms with Gasteiger partial charge in [0.1, 0.15) is 0 Å². The highest BCUT2D eigenvalue weighted by Crippen LogP contribution is 2.10. The lowest BCUT2D eigenvalue weighted by molar-refractivity contribution is 0.402. The Morgan fingerprint density at radius 1 is 1.00 bits per heavy atom. The van der Waals surface area contributed by atoms with Crippen molar-refractivity contribution in [1.29, 1.82) is 0 Å². The Morgan fingerprint density at radius 3 is 2.50 bits per heavy atom. The van der Waals surface area contributed by atoms with Crippen LogP contribution in [0.4, 0.5) is 0 Å². The summed E-state index contributed by atoms with van der Waals surface area (Å²) in [7, 11) is 4.17. The van der Waals surface area contributed by atoms with Gasteiger partial charge in [0.2, 0.25) is 0 Å². The van der Waals surface area contributed by atoms with E-state index in [0.717, 1.165) is 37.7 Å². The normalized spacial score (nSPS) is 11.7. The van der Waals surface area contributed by atoms with Crippen molar-refractivity contribution >= 4 is 5.96 Å². The maximum atomic E-state index is 4.75. The van der Waals surface area contributed by atoms with Crippen molar-refractivity contribution in [3.8, 4) is 5.69 Å². The Kier molecular flexibility index (Phi) is 8.03. The molecule has 1 heterocycles. The molecule has 158 valence electrons. The van der Waals surface area contributed by atoms with E-state index in [2.05, 4.69) is 90.2 Å². The molecule has 3 aromatic rings. The van der Waals surface area contributed by atoms with E-state index in [0.29, 0.717) is 6.54 Å². The van der Waals surface area contributed by atoms with Gasteiger partial charge >= 0.3 is 0 Å². The number of benzene rings is 2. The highest BCUT2D eigenvalue weighted by atomic mass is 15.3. The van der Waals surface area contributed by atoms with Crippen LogP contribution in [0.25, 0.3) is 5.69 Å². The molecule has 0 fully saturated rings. The molecule has 2 aromatic carbocycles. The summed E-state index contributed by atoms with van der Waals surface area (Å²) < 4.78 is 1.87. The summed E-state index contributed by atoms with van der Waals surface area (Å²) in [6.45, 7) is 5.35. The van der Waals surface area contributed by atoms with Crippen LogP contribution < -0.4 is 10.6 Å². The number of rotatable bonds is 9. The molecule has 3 rings (SSSR count). The molecule has 0 saturated carbocycles. The summed E-state index contributed by atoms with van der Waals surface area (Å²) in [5.41, 5.74) is 4.89. The topological polar surface area (TPSA) is 57.5 Å².